The molecule has 1 aromatic heterocycles. The Bertz CT molecular complexity index is 348. The summed E-state index contributed by atoms with van der Waals surface area (Å²) in [7, 11) is 0. The summed E-state index contributed by atoms with van der Waals surface area (Å²) in [5.74, 6) is 0.322. The quantitative estimate of drug-likeness (QED) is 0.316. The fraction of sp³-hybridized carbons (Fsp3) is 0.400. The van der Waals surface area contributed by atoms with Crippen molar-refractivity contribution in [1.29, 1.82) is 0 Å². The van der Waals surface area contributed by atoms with Crippen molar-refractivity contribution in [1.82, 2.24) is 5.32 Å². The van der Waals surface area contributed by atoms with Crippen LogP contribution in [0.1, 0.15) is 12.2 Å². The molecule has 1 rings (SSSR count). The van der Waals surface area contributed by atoms with Gasteiger partial charge in [-0.1, -0.05) is 6.58 Å². The zero-order valence-electron chi connectivity index (χ0n) is 8.85. The Kier molecular flexibility index (Phi) is 5.07. The van der Waals surface area contributed by atoms with Gasteiger partial charge in [-0.3, -0.25) is 10.1 Å². The maximum Gasteiger partial charge on any atom is 0.433 e. The molecule has 16 heavy (non-hydrogen) atoms. The zero-order chi connectivity index (χ0) is 11.8. The lowest BCUT2D eigenvalue weighted by Crippen LogP contribution is -2.15. The lowest BCUT2D eigenvalue weighted by atomic mass is 10.4. The van der Waals surface area contributed by atoms with E-state index >= 15 is 0 Å². The highest BCUT2D eigenvalue weighted by molar-refractivity contribution is 5.17. The highest BCUT2D eigenvalue weighted by Gasteiger charge is 2.10. The topological polar surface area (TPSA) is 77.5 Å². The first kappa shape index (κ1) is 12.3. The molecule has 88 valence electrons. The fourth-order valence-corrected chi connectivity index (χ4v) is 1.14. The summed E-state index contributed by atoms with van der Waals surface area (Å²) < 4.78 is 9.90. The SMILES string of the molecule is C=COCCCNCc1ccc([N+](=O)[O-])o1. The third kappa shape index (κ3) is 4.14. The average molecular weight is 226 g/mol. The van der Waals surface area contributed by atoms with Crippen molar-refractivity contribution in [3.63, 3.8) is 0 Å². The number of hydrogen-bond donors (Lipinski definition) is 1. The standard InChI is InChI=1S/C10H14N2O4/c1-2-15-7-3-6-11-8-9-4-5-10(16-9)12(13)14/h2,4-5,11H,1,3,6-8H2. The number of ether oxygens (including phenoxy) is 1. The van der Waals surface area contributed by atoms with Crippen LogP contribution < -0.4 is 5.32 Å². The average Bonchev–Trinajstić information content (AvgIpc) is 2.72. The normalized spacial score (nSPS) is 10.0. The minimum Gasteiger partial charge on any atom is -0.502 e. The van der Waals surface area contributed by atoms with Crippen molar-refractivity contribution in [2.24, 2.45) is 0 Å². The lowest BCUT2D eigenvalue weighted by Gasteiger charge is -2.01. The van der Waals surface area contributed by atoms with E-state index in [2.05, 4.69) is 11.9 Å². The van der Waals surface area contributed by atoms with Gasteiger partial charge in [-0.05, 0) is 19.0 Å². The van der Waals surface area contributed by atoms with Gasteiger partial charge >= 0.3 is 5.88 Å². The Balaban J connectivity index is 2.16. The Morgan fingerprint density at radius 3 is 3.06 bits per heavy atom. The summed E-state index contributed by atoms with van der Waals surface area (Å²) in [4.78, 5) is 9.77. The van der Waals surface area contributed by atoms with Gasteiger partial charge in [0.2, 0.25) is 0 Å². The highest BCUT2D eigenvalue weighted by Crippen LogP contribution is 2.14. The van der Waals surface area contributed by atoms with Crippen LogP contribution in [0.4, 0.5) is 5.88 Å². The van der Waals surface area contributed by atoms with E-state index < -0.39 is 4.92 Å². The molecule has 1 heterocycles. The van der Waals surface area contributed by atoms with Crippen LogP contribution >= 0.6 is 0 Å². The molecule has 0 aliphatic heterocycles. The lowest BCUT2D eigenvalue weighted by molar-refractivity contribution is -0.402. The summed E-state index contributed by atoms with van der Waals surface area (Å²) in [6.45, 7) is 5.26. The van der Waals surface area contributed by atoms with Crippen LogP contribution in [-0.4, -0.2) is 18.1 Å². The van der Waals surface area contributed by atoms with Crippen molar-refractivity contribution in [2.75, 3.05) is 13.2 Å². The molecule has 0 radical (unpaired) electrons. The van der Waals surface area contributed by atoms with Gasteiger partial charge in [0.25, 0.3) is 0 Å². The number of nitrogens with zero attached hydrogens (tertiary/aromatic N) is 1. The maximum atomic E-state index is 10.3. The zero-order valence-corrected chi connectivity index (χ0v) is 8.85. The molecule has 0 saturated heterocycles. The molecule has 6 heteroatoms. The predicted molar refractivity (Wildman–Crippen MR) is 57.8 cm³/mol. The van der Waals surface area contributed by atoms with Crippen molar-refractivity contribution in [3.05, 3.63) is 40.8 Å². The number of hydrogen-bond acceptors (Lipinski definition) is 5. The third-order valence-corrected chi connectivity index (χ3v) is 1.86. The summed E-state index contributed by atoms with van der Waals surface area (Å²) in [5.41, 5.74) is 0. The molecule has 6 nitrogen and oxygen atoms in total. The summed E-state index contributed by atoms with van der Waals surface area (Å²) in [5, 5.41) is 13.4. The maximum absolute atomic E-state index is 10.3. The summed E-state index contributed by atoms with van der Waals surface area (Å²) >= 11 is 0. The monoisotopic (exact) mass is 226 g/mol. The molecule has 1 aromatic rings. The minimum absolute atomic E-state index is 0.230. The Hall–Kier alpha value is -1.82. The Labute approximate surface area is 93.0 Å². The molecule has 0 amide bonds. The molecule has 0 atom stereocenters. The number of furan rings is 1. The number of rotatable bonds is 8. The number of nitrogens with one attached hydrogen (secondary N) is 1. The second-order valence-corrected chi connectivity index (χ2v) is 3.06. The first-order valence-electron chi connectivity index (χ1n) is 4.90. The fourth-order valence-electron chi connectivity index (χ4n) is 1.14. The van der Waals surface area contributed by atoms with Gasteiger partial charge in [0, 0.05) is 0 Å². The first-order valence-corrected chi connectivity index (χ1v) is 4.90. The molecule has 0 fully saturated rings. The number of nitro groups is 1. The smallest absolute Gasteiger partial charge is 0.433 e. The van der Waals surface area contributed by atoms with Crippen molar-refractivity contribution in [3.8, 4) is 0 Å². The van der Waals surface area contributed by atoms with Gasteiger partial charge in [0.05, 0.1) is 25.5 Å². The van der Waals surface area contributed by atoms with E-state index in [1.165, 1.54) is 12.3 Å². The van der Waals surface area contributed by atoms with Crippen molar-refractivity contribution < 1.29 is 14.1 Å². The molecule has 0 spiro atoms. The summed E-state index contributed by atoms with van der Waals surface area (Å²) in [6, 6.07) is 2.93. The Morgan fingerprint density at radius 2 is 2.44 bits per heavy atom. The van der Waals surface area contributed by atoms with E-state index in [1.807, 2.05) is 0 Å². The van der Waals surface area contributed by atoms with Crippen LogP contribution in [0.2, 0.25) is 0 Å². The van der Waals surface area contributed by atoms with Gasteiger partial charge in [0.1, 0.15) is 10.7 Å². The van der Waals surface area contributed by atoms with Crippen molar-refractivity contribution in [2.45, 2.75) is 13.0 Å². The molecule has 1 N–H and O–H groups in total. The molecule has 0 aliphatic carbocycles. The molecular weight excluding hydrogens is 212 g/mol. The predicted octanol–water partition coefficient (Wildman–Crippen LogP) is 1.83. The van der Waals surface area contributed by atoms with Crippen molar-refractivity contribution >= 4 is 5.88 Å². The van der Waals surface area contributed by atoms with Gasteiger partial charge in [-0.25, -0.2) is 0 Å². The third-order valence-electron chi connectivity index (χ3n) is 1.86. The van der Waals surface area contributed by atoms with Gasteiger partial charge in [0.15, 0.2) is 0 Å². The highest BCUT2D eigenvalue weighted by atomic mass is 16.6. The van der Waals surface area contributed by atoms with Crippen LogP contribution in [0.3, 0.4) is 0 Å². The molecule has 0 saturated carbocycles. The molecule has 0 bridgehead atoms. The largest absolute Gasteiger partial charge is 0.502 e. The first-order chi connectivity index (χ1) is 7.74. The van der Waals surface area contributed by atoms with Gasteiger partial charge in [-0.15, -0.1) is 0 Å². The van der Waals surface area contributed by atoms with E-state index in [4.69, 9.17) is 9.15 Å². The molecule has 0 unspecified atom stereocenters. The molecule has 0 aliphatic rings. The minimum atomic E-state index is -0.554. The van der Waals surface area contributed by atoms with E-state index in [9.17, 15) is 10.1 Å². The van der Waals surface area contributed by atoms with Crippen LogP contribution in [0.5, 0.6) is 0 Å². The van der Waals surface area contributed by atoms with Gasteiger partial charge < -0.3 is 14.5 Å². The second-order valence-electron chi connectivity index (χ2n) is 3.06. The van der Waals surface area contributed by atoms with Crippen LogP contribution in [0, 0.1) is 10.1 Å². The molecule has 0 aromatic carbocycles. The van der Waals surface area contributed by atoms with Crippen LogP contribution in [0.15, 0.2) is 29.4 Å². The van der Waals surface area contributed by atoms with E-state index in [1.54, 1.807) is 6.07 Å². The second kappa shape index (κ2) is 6.62. The van der Waals surface area contributed by atoms with Gasteiger partial charge in [-0.2, -0.15) is 0 Å². The van der Waals surface area contributed by atoms with Crippen LogP contribution in [-0.2, 0) is 11.3 Å². The van der Waals surface area contributed by atoms with E-state index in [-0.39, 0.29) is 5.88 Å². The van der Waals surface area contributed by atoms with E-state index in [0.29, 0.717) is 18.9 Å². The van der Waals surface area contributed by atoms with E-state index in [0.717, 1.165) is 13.0 Å². The van der Waals surface area contributed by atoms with Crippen LogP contribution in [0.25, 0.3) is 0 Å². The molecular formula is C10H14N2O4. The summed E-state index contributed by atoms with van der Waals surface area (Å²) in [6.07, 6.45) is 2.24. The Morgan fingerprint density at radius 1 is 1.62 bits per heavy atom.